The minimum Gasteiger partial charge on any atom is -0.497 e. The van der Waals surface area contributed by atoms with E-state index in [4.69, 9.17) is 9.47 Å². The third kappa shape index (κ3) is 4.99. The predicted octanol–water partition coefficient (Wildman–Crippen LogP) is 3.32. The number of methoxy groups -OCH3 is 2. The highest BCUT2D eigenvalue weighted by atomic mass is 32.2. The van der Waals surface area contributed by atoms with Crippen LogP contribution in [-0.2, 0) is 16.6 Å². The Balaban J connectivity index is 1.32. The number of nitrogens with one attached hydrogen (secondary N) is 2. The number of fused-ring (bicyclic) bond motifs is 4. The number of hydrogen-bond donors (Lipinski definition) is 2. The molecule has 2 amide bonds. The van der Waals surface area contributed by atoms with Crippen LogP contribution >= 0.6 is 0 Å². The molecule has 2 N–H and O–H groups in total. The van der Waals surface area contributed by atoms with E-state index in [1.807, 2.05) is 0 Å². The van der Waals surface area contributed by atoms with E-state index in [1.165, 1.54) is 25.3 Å². The smallest absolute Gasteiger partial charge is 0.321 e. The molecule has 1 fully saturated rings. The van der Waals surface area contributed by atoms with Crippen LogP contribution in [0.1, 0.15) is 18.0 Å². The molecule has 1 aromatic heterocycles. The molecule has 0 aliphatic carbocycles. The molecule has 3 heterocycles. The highest BCUT2D eigenvalue weighted by Crippen LogP contribution is 2.36. The number of anilines is 2. The summed E-state index contributed by atoms with van der Waals surface area (Å²) in [5, 5.41) is 2.92. The average Bonchev–Trinajstić information content (AvgIpc) is 2.91. The van der Waals surface area contributed by atoms with Crippen molar-refractivity contribution in [2.75, 3.05) is 37.3 Å². The first-order valence-electron chi connectivity index (χ1n) is 11.9. The van der Waals surface area contributed by atoms with E-state index in [9.17, 15) is 18.0 Å². The van der Waals surface area contributed by atoms with Gasteiger partial charge in [0, 0.05) is 36.9 Å². The number of benzene rings is 2. The third-order valence-corrected chi connectivity index (χ3v) is 8.23. The van der Waals surface area contributed by atoms with Crippen molar-refractivity contribution in [3.63, 3.8) is 0 Å². The van der Waals surface area contributed by atoms with Gasteiger partial charge in [-0.05, 0) is 73.0 Å². The normalized spacial score (nSPS) is 18.5. The summed E-state index contributed by atoms with van der Waals surface area (Å²) in [4.78, 5) is 28.0. The van der Waals surface area contributed by atoms with Crippen LogP contribution < -0.4 is 25.1 Å². The molecular formula is C26H28N4O6S. The Morgan fingerprint density at radius 1 is 0.892 bits per heavy atom. The number of amides is 2. The highest BCUT2D eigenvalue weighted by Gasteiger charge is 2.37. The van der Waals surface area contributed by atoms with Crippen LogP contribution in [0.5, 0.6) is 11.5 Å². The fourth-order valence-electron chi connectivity index (χ4n) is 5.02. The van der Waals surface area contributed by atoms with Gasteiger partial charge in [-0.25, -0.2) is 13.2 Å². The van der Waals surface area contributed by atoms with E-state index < -0.39 is 10.0 Å². The lowest BCUT2D eigenvalue weighted by Gasteiger charge is -2.42. The Labute approximate surface area is 214 Å². The van der Waals surface area contributed by atoms with E-state index in [-0.39, 0.29) is 34.0 Å². The first-order valence-corrected chi connectivity index (χ1v) is 13.4. The number of carbonyl (C=O) groups excluding carboxylic acids is 1. The summed E-state index contributed by atoms with van der Waals surface area (Å²) >= 11 is 0. The van der Waals surface area contributed by atoms with Crippen molar-refractivity contribution in [3.05, 3.63) is 76.7 Å². The standard InChI is InChI=1S/C26H28N4O6S/c1-35-20-5-3-19(4-6-20)27-26(32)29-14-17-13-18(16-29)24-12-11-23(25(31)30(24)15-17)28-37(33,34)22-9-7-21(36-2)8-10-22/h3-12,17-18,28H,13-16H2,1-2H3,(H,27,32)/t17-,18+/m0/s1. The van der Waals surface area contributed by atoms with Gasteiger partial charge in [0.05, 0.1) is 19.1 Å². The Kier molecular flexibility index (Phi) is 6.55. The third-order valence-electron chi connectivity index (χ3n) is 6.85. The van der Waals surface area contributed by atoms with Crippen molar-refractivity contribution in [2.45, 2.75) is 23.8 Å². The molecule has 194 valence electrons. The molecule has 0 spiro atoms. The lowest BCUT2D eigenvalue weighted by molar-refractivity contribution is 0.139. The lowest BCUT2D eigenvalue weighted by atomic mass is 9.83. The number of likely N-dealkylation sites (tertiary alicyclic amines) is 1. The van der Waals surface area contributed by atoms with Gasteiger partial charge in [-0.2, -0.15) is 0 Å². The fourth-order valence-corrected chi connectivity index (χ4v) is 6.08. The van der Waals surface area contributed by atoms with Crippen LogP contribution in [0.15, 0.2) is 70.4 Å². The van der Waals surface area contributed by atoms with Crippen LogP contribution in [0.4, 0.5) is 16.2 Å². The molecule has 37 heavy (non-hydrogen) atoms. The molecule has 5 rings (SSSR count). The Morgan fingerprint density at radius 2 is 1.54 bits per heavy atom. The number of ether oxygens (including phenoxy) is 2. The molecule has 0 saturated carbocycles. The summed E-state index contributed by atoms with van der Waals surface area (Å²) in [6.07, 6.45) is 0.864. The van der Waals surface area contributed by atoms with Crippen LogP contribution in [-0.4, -0.2) is 51.2 Å². The summed E-state index contributed by atoms with van der Waals surface area (Å²) < 4.78 is 40.0. The SMILES string of the molecule is COc1ccc(NC(=O)N2C[C@@H]3C[C@H](C2)c2ccc(NS(=O)(=O)c4ccc(OC)cc4)c(=O)n2C3)cc1. The molecule has 10 nitrogen and oxygen atoms in total. The first-order chi connectivity index (χ1) is 17.8. The molecular weight excluding hydrogens is 496 g/mol. The number of sulfonamides is 1. The monoisotopic (exact) mass is 524 g/mol. The molecule has 0 radical (unpaired) electrons. The van der Waals surface area contributed by atoms with Gasteiger partial charge in [0.15, 0.2) is 0 Å². The molecule has 1 saturated heterocycles. The van der Waals surface area contributed by atoms with Crippen molar-refractivity contribution < 1.29 is 22.7 Å². The van der Waals surface area contributed by atoms with Crippen LogP contribution in [0.2, 0.25) is 0 Å². The number of rotatable bonds is 6. The number of hydrogen-bond acceptors (Lipinski definition) is 6. The van der Waals surface area contributed by atoms with E-state index in [0.29, 0.717) is 36.8 Å². The number of pyridine rings is 1. The maximum atomic E-state index is 13.3. The predicted molar refractivity (Wildman–Crippen MR) is 139 cm³/mol. The topological polar surface area (TPSA) is 119 Å². The number of carbonyl (C=O) groups is 1. The summed E-state index contributed by atoms with van der Waals surface area (Å²) in [6, 6.07) is 16.2. The molecule has 3 aromatic rings. The fraction of sp³-hybridized carbons (Fsp3) is 0.308. The van der Waals surface area contributed by atoms with Crippen LogP contribution in [0.25, 0.3) is 0 Å². The van der Waals surface area contributed by atoms with Gasteiger partial charge in [0.25, 0.3) is 15.6 Å². The largest absolute Gasteiger partial charge is 0.497 e. The summed E-state index contributed by atoms with van der Waals surface area (Å²) in [5.74, 6) is 1.30. The second kappa shape index (κ2) is 9.81. The van der Waals surface area contributed by atoms with Gasteiger partial charge < -0.3 is 24.3 Å². The molecule has 11 heteroatoms. The molecule has 0 unspecified atom stereocenters. The Bertz CT molecular complexity index is 1470. The first kappa shape index (κ1) is 24.7. The quantitative estimate of drug-likeness (QED) is 0.511. The summed E-state index contributed by atoms with van der Waals surface area (Å²) in [7, 11) is -0.865. The van der Waals surface area contributed by atoms with Crippen molar-refractivity contribution in [3.8, 4) is 11.5 Å². The molecule has 2 aliphatic heterocycles. The number of urea groups is 1. The van der Waals surface area contributed by atoms with Crippen LogP contribution in [0.3, 0.4) is 0 Å². The van der Waals surface area contributed by atoms with Crippen LogP contribution in [0, 0.1) is 5.92 Å². The zero-order valence-electron chi connectivity index (χ0n) is 20.5. The van der Waals surface area contributed by atoms with Crippen molar-refractivity contribution >= 4 is 27.4 Å². The summed E-state index contributed by atoms with van der Waals surface area (Å²) in [6.45, 7) is 1.39. The minimum absolute atomic E-state index is 0.00588. The van der Waals surface area contributed by atoms with Crippen molar-refractivity contribution in [1.82, 2.24) is 9.47 Å². The Morgan fingerprint density at radius 3 is 2.19 bits per heavy atom. The van der Waals surface area contributed by atoms with E-state index in [2.05, 4.69) is 10.0 Å². The van der Waals surface area contributed by atoms with Gasteiger partial charge in [-0.3, -0.25) is 9.52 Å². The number of aromatic nitrogens is 1. The second-order valence-corrected chi connectivity index (χ2v) is 10.9. The zero-order valence-corrected chi connectivity index (χ0v) is 21.3. The lowest BCUT2D eigenvalue weighted by Crippen LogP contribution is -2.50. The second-order valence-electron chi connectivity index (χ2n) is 9.23. The maximum absolute atomic E-state index is 13.3. The van der Waals surface area contributed by atoms with Gasteiger partial charge in [0.1, 0.15) is 17.2 Å². The van der Waals surface area contributed by atoms with Gasteiger partial charge in [-0.1, -0.05) is 0 Å². The van der Waals surface area contributed by atoms with Crippen molar-refractivity contribution in [1.29, 1.82) is 0 Å². The van der Waals surface area contributed by atoms with Gasteiger partial charge in [0.2, 0.25) is 0 Å². The molecule has 2 aromatic carbocycles. The average molecular weight is 525 g/mol. The van der Waals surface area contributed by atoms with Gasteiger partial charge >= 0.3 is 6.03 Å². The molecule has 2 atom stereocenters. The zero-order chi connectivity index (χ0) is 26.2. The minimum atomic E-state index is -3.95. The highest BCUT2D eigenvalue weighted by molar-refractivity contribution is 7.92. The van der Waals surface area contributed by atoms with E-state index in [1.54, 1.807) is 59.0 Å². The van der Waals surface area contributed by atoms with Crippen molar-refractivity contribution in [2.24, 2.45) is 5.92 Å². The molecule has 2 aliphatic rings. The Hall–Kier alpha value is -3.99. The molecule has 2 bridgehead atoms. The van der Waals surface area contributed by atoms with E-state index in [0.717, 1.165) is 12.1 Å². The number of nitrogens with zero attached hydrogens (tertiary/aromatic N) is 2. The number of piperidine rings is 1. The van der Waals surface area contributed by atoms with E-state index >= 15 is 0 Å². The maximum Gasteiger partial charge on any atom is 0.321 e. The summed E-state index contributed by atoms with van der Waals surface area (Å²) in [5.41, 5.74) is 1.08. The van der Waals surface area contributed by atoms with Gasteiger partial charge in [-0.15, -0.1) is 0 Å².